The molecule has 2 nitrogen and oxygen atoms in total. The maximum absolute atomic E-state index is 11.7. The topological polar surface area (TPSA) is 24.7 Å². The highest BCUT2D eigenvalue weighted by Crippen LogP contribution is 2.45. The van der Waals surface area contributed by atoms with E-state index in [2.05, 4.69) is 88.1 Å². The number of quaternary nitrogens is 1. The first-order valence-electron chi connectivity index (χ1n) is 9.27. The highest BCUT2D eigenvalue weighted by atomic mass is 16.3. The molecular weight excluding hydrogens is 306 g/mol. The van der Waals surface area contributed by atoms with E-state index in [9.17, 15) is 5.11 Å². The third kappa shape index (κ3) is 3.05. The molecule has 6 atom stereocenters. The van der Waals surface area contributed by atoms with Crippen LogP contribution in [0.15, 0.2) is 73.3 Å². The van der Waals surface area contributed by atoms with E-state index in [0.717, 1.165) is 0 Å². The second-order valence-corrected chi connectivity index (χ2v) is 7.58. The van der Waals surface area contributed by atoms with Crippen LogP contribution < -0.4 is 4.90 Å². The van der Waals surface area contributed by atoms with Crippen LogP contribution >= 0.6 is 0 Å². The maximum Gasteiger partial charge on any atom is 0.119 e. The van der Waals surface area contributed by atoms with Crippen LogP contribution in [-0.4, -0.2) is 17.8 Å². The van der Waals surface area contributed by atoms with Crippen molar-refractivity contribution in [2.24, 2.45) is 11.8 Å². The van der Waals surface area contributed by atoms with Gasteiger partial charge in [0.25, 0.3) is 0 Å². The van der Waals surface area contributed by atoms with Crippen LogP contribution in [0.5, 0.6) is 0 Å². The minimum absolute atomic E-state index is 0.142. The van der Waals surface area contributed by atoms with Crippen LogP contribution in [0.1, 0.15) is 43.5 Å². The Balaban J connectivity index is 2.11. The number of hydrogen-bond donors (Lipinski definition) is 2. The first kappa shape index (κ1) is 17.9. The lowest BCUT2D eigenvalue weighted by molar-refractivity contribution is -0.961. The Morgan fingerprint density at radius 3 is 1.68 bits per heavy atom. The fraction of sp³-hybridized carbons (Fsp3) is 0.391. The maximum atomic E-state index is 11.7. The minimum atomic E-state index is -0.762. The van der Waals surface area contributed by atoms with E-state index in [4.69, 9.17) is 0 Å². The van der Waals surface area contributed by atoms with E-state index < -0.39 is 5.60 Å². The lowest BCUT2D eigenvalue weighted by Gasteiger charge is -2.53. The van der Waals surface area contributed by atoms with Crippen LogP contribution in [0.4, 0.5) is 0 Å². The van der Waals surface area contributed by atoms with Gasteiger partial charge in [0.15, 0.2) is 0 Å². The Bertz CT molecular complexity index is 643. The molecule has 1 heterocycles. The monoisotopic (exact) mass is 336 g/mol. The van der Waals surface area contributed by atoms with Crippen molar-refractivity contribution >= 4 is 0 Å². The largest absolute Gasteiger partial charge is 0.388 e. The van der Waals surface area contributed by atoms with Gasteiger partial charge in [-0.15, -0.1) is 6.58 Å². The van der Waals surface area contributed by atoms with E-state index >= 15 is 0 Å². The summed E-state index contributed by atoms with van der Waals surface area (Å²) in [6, 6.07) is 21.7. The Morgan fingerprint density at radius 2 is 1.32 bits per heavy atom. The number of hydrogen-bond acceptors (Lipinski definition) is 1. The predicted octanol–water partition coefficient (Wildman–Crippen LogP) is 3.58. The van der Waals surface area contributed by atoms with E-state index in [1.165, 1.54) is 16.0 Å². The second kappa shape index (κ2) is 7.15. The van der Waals surface area contributed by atoms with E-state index in [1.807, 2.05) is 6.08 Å². The molecule has 132 valence electrons. The molecule has 0 radical (unpaired) electrons. The SMILES string of the molecule is C=CCC1(O)[C@@H](C)[C@@H](c2ccccc2)[NH+](C)[C@@H](c2ccccc2)[C@@H]1C. The molecule has 0 saturated carbocycles. The molecule has 3 rings (SSSR count). The van der Waals surface area contributed by atoms with Gasteiger partial charge in [0.1, 0.15) is 12.1 Å². The van der Waals surface area contributed by atoms with Gasteiger partial charge >= 0.3 is 0 Å². The molecule has 2 aromatic carbocycles. The fourth-order valence-corrected chi connectivity index (χ4v) is 5.00. The number of rotatable bonds is 4. The quantitative estimate of drug-likeness (QED) is 0.820. The molecule has 25 heavy (non-hydrogen) atoms. The normalized spacial score (nSPS) is 35.3. The molecule has 0 aliphatic carbocycles. The smallest absolute Gasteiger partial charge is 0.119 e. The molecule has 0 bridgehead atoms. The number of likely N-dealkylation sites (tertiary alicyclic amines) is 1. The average molecular weight is 336 g/mol. The van der Waals surface area contributed by atoms with Crippen LogP contribution in [0.3, 0.4) is 0 Å². The Labute approximate surface area is 151 Å². The molecule has 2 heteroatoms. The van der Waals surface area contributed by atoms with Crippen LogP contribution in [0.2, 0.25) is 0 Å². The highest BCUT2D eigenvalue weighted by Gasteiger charge is 2.56. The molecule has 2 N–H and O–H groups in total. The predicted molar refractivity (Wildman–Crippen MR) is 103 cm³/mol. The molecular formula is C23H30NO+. The van der Waals surface area contributed by atoms with Gasteiger partial charge in [0.05, 0.1) is 12.6 Å². The zero-order chi connectivity index (χ0) is 18.0. The van der Waals surface area contributed by atoms with Gasteiger partial charge in [-0.1, -0.05) is 80.6 Å². The van der Waals surface area contributed by atoms with Crippen molar-refractivity contribution in [3.63, 3.8) is 0 Å². The Morgan fingerprint density at radius 1 is 0.920 bits per heavy atom. The zero-order valence-corrected chi connectivity index (χ0v) is 15.5. The van der Waals surface area contributed by atoms with Crippen LogP contribution in [-0.2, 0) is 0 Å². The number of nitrogens with one attached hydrogen (secondary N) is 1. The molecule has 2 aromatic rings. The molecule has 1 fully saturated rings. The van der Waals surface area contributed by atoms with Gasteiger partial charge in [-0.2, -0.15) is 0 Å². The van der Waals surface area contributed by atoms with Gasteiger partial charge in [0.2, 0.25) is 0 Å². The molecule has 2 unspecified atom stereocenters. The average Bonchev–Trinajstić information content (AvgIpc) is 2.63. The number of benzene rings is 2. The van der Waals surface area contributed by atoms with E-state index in [1.54, 1.807) is 0 Å². The van der Waals surface area contributed by atoms with Gasteiger partial charge < -0.3 is 10.0 Å². The third-order valence-electron chi connectivity index (χ3n) is 6.35. The van der Waals surface area contributed by atoms with Crippen molar-refractivity contribution in [3.8, 4) is 0 Å². The summed E-state index contributed by atoms with van der Waals surface area (Å²) in [6.07, 6.45) is 2.49. The van der Waals surface area contributed by atoms with E-state index in [-0.39, 0.29) is 23.9 Å². The summed E-state index contributed by atoms with van der Waals surface area (Å²) in [4.78, 5) is 1.45. The molecule has 0 spiro atoms. The van der Waals surface area contributed by atoms with Gasteiger partial charge in [-0.3, -0.25) is 0 Å². The van der Waals surface area contributed by atoms with Gasteiger partial charge in [-0.05, 0) is 6.42 Å². The zero-order valence-electron chi connectivity index (χ0n) is 15.5. The summed E-state index contributed by atoms with van der Waals surface area (Å²) in [6.45, 7) is 8.31. The molecule has 1 saturated heterocycles. The Hall–Kier alpha value is -1.90. The number of piperidine rings is 1. The lowest BCUT2D eigenvalue weighted by Crippen LogP contribution is -3.13. The fourth-order valence-electron chi connectivity index (χ4n) is 5.00. The summed E-state index contributed by atoms with van der Waals surface area (Å²) in [5.41, 5.74) is 1.83. The van der Waals surface area contributed by atoms with Crippen molar-refractivity contribution < 1.29 is 10.0 Å². The summed E-state index contributed by atoms with van der Waals surface area (Å²) in [5, 5.41) is 11.7. The van der Waals surface area contributed by atoms with Crippen molar-refractivity contribution in [1.29, 1.82) is 0 Å². The highest BCUT2D eigenvalue weighted by molar-refractivity contribution is 5.24. The van der Waals surface area contributed by atoms with E-state index in [0.29, 0.717) is 6.42 Å². The lowest BCUT2D eigenvalue weighted by atomic mass is 9.64. The van der Waals surface area contributed by atoms with Crippen molar-refractivity contribution in [2.75, 3.05) is 7.05 Å². The van der Waals surface area contributed by atoms with Gasteiger partial charge in [-0.25, -0.2) is 0 Å². The van der Waals surface area contributed by atoms with Gasteiger partial charge in [0, 0.05) is 23.0 Å². The molecule has 1 aliphatic heterocycles. The van der Waals surface area contributed by atoms with Crippen LogP contribution in [0.25, 0.3) is 0 Å². The summed E-state index contributed by atoms with van der Waals surface area (Å²) < 4.78 is 0. The summed E-state index contributed by atoms with van der Waals surface area (Å²) in [5.74, 6) is 0.283. The Kier molecular flexibility index (Phi) is 5.12. The van der Waals surface area contributed by atoms with Crippen molar-refractivity contribution in [1.82, 2.24) is 0 Å². The van der Waals surface area contributed by atoms with Crippen molar-refractivity contribution in [3.05, 3.63) is 84.4 Å². The first-order chi connectivity index (χ1) is 12.0. The molecule has 0 aromatic heterocycles. The molecule has 1 aliphatic rings. The number of aliphatic hydroxyl groups is 1. The standard InChI is InChI=1S/C23H29NO/c1-5-16-23(25)17(2)21(19-12-8-6-9-13-19)24(4)22(18(23)3)20-14-10-7-11-15-20/h5-15,17-18,21-22,25H,1,16H2,2-4H3/p+1/t17-,18-,21-,22+,23?/m0/s1. The molecule has 0 amide bonds. The summed E-state index contributed by atoms with van der Waals surface area (Å²) >= 11 is 0. The van der Waals surface area contributed by atoms with Crippen LogP contribution in [0, 0.1) is 11.8 Å². The minimum Gasteiger partial charge on any atom is -0.388 e. The second-order valence-electron chi connectivity index (χ2n) is 7.58. The van der Waals surface area contributed by atoms with Crippen molar-refractivity contribution in [2.45, 2.75) is 38.0 Å². The first-order valence-corrected chi connectivity index (χ1v) is 9.27. The summed E-state index contributed by atoms with van der Waals surface area (Å²) in [7, 11) is 2.27. The third-order valence-corrected chi connectivity index (χ3v) is 6.35.